The number of ether oxygens (including phenoxy) is 2. The van der Waals surface area contributed by atoms with E-state index in [1.807, 2.05) is 6.08 Å². The van der Waals surface area contributed by atoms with E-state index in [1.54, 1.807) is 0 Å². The second kappa shape index (κ2) is 37.9. The molecule has 1 aliphatic rings. The molecule has 56 heavy (non-hydrogen) atoms. The van der Waals surface area contributed by atoms with Crippen molar-refractivity contribution in [1.29, 1.82) is 0 Å². The predicted octanol–water partition coefficient (Wildman–Crippen LogP) is 9.89. The average molecular weight is 796 g/mol. The molecule has 6 N–H and O–H groups in total. The summed E-state index contributed by atoms with van der Waals surface area (Å²) in [5, 5.41) is 54.3. The number of nitrogens with one attached hydrogen (secondary N) is 1. The van der Waals surface area contributed by atoms with Crippen molar-refractivity contribution in [1.82, 2.24) is 5.32 Å². The molecular formula is C47H89NO8. The van der Waals surface area contributed by atoms with E-state index in [0.717, 1.165) is 32.1 Å². The van der Waals surface area contributed by atoms with Crippen LogP contribution in [-0.2, 0) is 14.3 Å². The van der Waals surface area contributed by atoms with E-state index < -0.39 is 49.5 Å². The number of hydrogen-bond donors (Lipinski definition) is 6. The van der Waals surface area contributed by atoms with Gasteiger partial charge in [-0.15, -0.1) is 0 Å². The highest BCUT2D eigenvalue weighted by molar-refractivity contribution is 5.76. The quantitative estimate of drug-likeness (QED) is 0.0266. The predicted molar refractivity (Wildman–Crippen MR) is 230 cm³/mol. The van der Waals surface area contributed by atoms with Gasteiger partial charge in [0.1, 0.15) is 24.4 Å². The standard InChI is InChI=1S/C47H89NO8/c1-3-5-7-9-11-13-15-17-18-19-20-21-22-23-25-26-28-30-32-34-36-41(50)40(39-55-47-46(54)45(53)44(52)42(38-49)56-47)48-43(51)37-35-33-31-29-27-24-16-14-12-10-8-6-4-2/h24,27,31,33,40-42,44-47,49-50,52-54H,3-23,25-26,28-30,32,34-39H2,1-2H3,(H,48,51)/b27-24-,33-31-. The molecule has 7 atom stereocenters. The van der Waals surface area contributed by atoms with Crippen molar-refractivity contribution in [2.75, 3.05) is 13.2 Å². The first-order valence-corrected chi connectivity index (χ1v) is 23.5. The smallest absolute Gasteiger partial charge is 0.220 e. The van der Waals surface area contributed by atoms with Crippen molar-refractivity contribution in [3.63, 3.8) is 0 Å². The second-order valence-electron chi connectivity index (χ2n) is 16.6. The third-order valence-corrected chi connectivity index (χ3v) is 11.3. The zero-order valence-electron chi connectivity index (χ0n) is 36.1. The van der Waals surface area contributed by atoms with Crippen LogP contribution in [-0.4, -0.2) is 87.5 Å². The Balaban J connectivity index is 2.32. The lowest BCUT2D eigenvalue weighted by atomic mass is 9.99. The molecule has 330 valence electrons. The maximum absolute atomic E-state index is 12.9. The van der Waals surface area contributed by atoms with Crippen LogP contribution in [0.15, 0.2) is 24.3 Å². The van der Waals surface area contributed by atoms with Gasteiger partial charge < -0.3 is 40.3 Å². The van der Waals surface area contributed by atoms with Crippen molar-refractivity contribution in [2.45, 2.75) is 256 Å². The lowest BCUT2D eigenvalue weighted by molar-refractivity contribution is -0.302. The molecule has 1 rings (SSSR count). The Morgan fingerprint density at radius 2 is 1.05 bits per heavy atom. The summed E-state index contributed by atoms with van der Waals surface area (Å²) in [6.07, 6.45) is 37.7. The van der Waals surface area contributed by atoms with Crippen LogP contribution in [0.4, 0.5) is 0 Å². The monoisotopic (exact) mass is 796 g/mol. The third-order valence-electron chi connectivity index (χ3n) is 11.3. The van der Waals surface area contributed by atoms with Crippen LogP contribution in [0.1, 0.15) is 213 Å². The summed E-state index contributed by atoms with van der Waals surface area (Å²) in [4.78, 5) is 12.9. The zero-order valence-corrected chi connectivity index (χ0v) is 36.1. The number of aliphatic hydroxyl groups is 5. The maximum atomic E-state index is 12.9. The summed E-state index contributed by atoms with van der Waals surface area (Å²) in [7, 11) is 0. The van der Waals surface area contributed by atoms with Crippen LogP contribution in [0, 0.1) is 0 Å². The normalized spacial score (nSPS) is 21.3. The molecule has 7 unspecified atom stereocenters. The first-order valence-electron chi connectivity index (χ1n) is 23.5. The number of aliphatic hydroxyl groups excluding tert-OH is 5. The fourth-order valence-electron chi connectivity index (χ4n) is 7.51. The molecule has 0 aromatic rings. The molecule has 1 fully saturated rings. The molecule has 1 saturated heterocycles. The van der Waals surface area contributed by atoms with E-state index in [4.69, 9.17) is 9.47 Å². The van der Waals surface area contributed by atoms with Gasteiger partial charge in [-0.2, -0.15) is 0 Å². The largest absolute Gasteiger partial charge is 0.394 e. The van der Waals surface area contributed by atoms with Gasteiger partial charge in [0.05, 0.1) is 25.4 Å². The van der Waals surface area contributed by atoms with Gasteiger partial charge in [0.25, 0.3) is 0 Å². The highest BCUT2D eigenvalue weighted by atomic mass is 16.7. The van der Waals surface area contributed by atoms with Gasteiger partial charge in [-0.05, 0) is 32.1 Å². The molecule has 1 aliphatic heterocycles. The molecule has 0 aromatic heterocycles. The first-order chi connectivity index (χ1) is 27.3. The highest BCUT2D eigenvalue weighted by Gasteiger charge is 2.44. The van der Waals surface area contributed by atoms with Crippen molar-refractivity contribution in [3.05, 3.63) is 24.3 Å². The second-order valence-corrected chi connectivity index (χ2v) is 16.6. The Morgan fingerprint density at radius 3 is 1.54 bits per heavy atom. The molecule has 1 heterocycles. The lowest BCUT2D eigenvalue weighted by Gasteiger charge is -2.40. The van der Waals surface area contributed by atoms with E-state index in [9.17, 15) is 30.3 Å². The van der Waals surface area contributed by atoms with Gasteiger partial charge in [-0.25, -0.2) is 0 Å². The van der Waals surface area contributed by atoms with Crippen LogP contribution in [0.5, 0.6) is 0 Å². The molecule has 9 heteroatoms. The van der Waals surface area contributed by atoms with E-state index in [1.165, 1.54) is 148 Å². The first kappa shape index (κ1) is 52.7. The minimum absolute atomic E-state index is 0.159. The summed E-state index contributed by atoms with van der Waals surface area (Å²) in [5.41, 5.74) is 0. The van der Waals surface area contributed by atoms with E-state index >= 15 is 0 Å². The number of rotatable bonds is 39. The average Bonchev–Trinajstić information content (AvgIpc) is 3.20. The Morgan fingerprint density at radius 1 is 0.607 bits per heavy atom. The Labute approximate surface area is 343 Å². The van der Waals surface area contributed by atoms with Crippen LogP contribution < -0.4 is 5.32 Å². The number of carbonyl (C=O) groups is 1. The minimum atomic E-state index is -1.56. The third kappa shape index (κ3) is 28.2. The number of hydrogen-bond acceptors (Lipinski definition) is 8. The topological polar surface area (TPSA) is 149 Å². The molecule has 0 saturated carbocycles. The fraction of sp³-hybridized carbons (Fsp3) is 0.894. The van der Waals surface area contributed by atoms with Crippen molar-refractivity contribution in [2.24, 2.45) is 0 Å². The van der Waals surface area contributed by atoms with Crippen LogP contribution in [0.2, 0.25) is 0 Å². The number of allylic oxidation sites excluding steroid dienone is 4. The van der Waals surface area contributed by atoms with Gasteiger partial charge in [0.2, 0.25) is 5.91 Å². The molecular weight excluding hydrogens is 707 g/mol. The van der Waals surface area contributed by atoms with E-state index in [-0.39, 0.29) is 18.9 Å². The SMILES string of the molecule is CCCCCCCC/C=C\C/C=C\CCC(=O)NC(COC1OC(CO)C(O)C(O)C1O)C(O)CCCCCCCCCCCCCCCCCCCCCC. The summed E-state index contributed by atoms with van der Waals surface area (Å²) in [6, 6.07) is -0.746. The molecule has 0 bridgehead atoms. The number of carbonyl (C=O) groups excluding carboxylic acids is 1. The van der Waals surface area contributed by atoms with E-state index in [2.05, 4.69) is 37.4 Å². The lowest BCUT2D eigenvalue weighted by Crippen LogP contribution is -2.60. The maximum Gasteiger partial charge on any atom is 0.220 e. The number of unbranched alkanes of at least 4 members (excludes halogenated alkanes) is 25. The highest BCUT2D eigenvalue weighted by Crippen LogP contribution is 2.23. The fourth-order valence-corrected chi connectivity index (χ4v) is 7.51. The van der Waals surface area contributed by atoms with Crippen LogP contribution in [0.25, 0.3) is 0 Å². The molecule has 9 nitrogen and oxygen atoms in total. The van der Waals surface area contributed by atoms with Crippen molar-refractivity contribution in [3.8, 4) is 0 Å². The molecule has 1 amide bonds. The Bertz CT molecular complexity index is 930. The van der Waals surface area contributed by atoms with E-state index in [0.29, 0.717) is 12.8 Å². The van der Waals surface area contributed by atoms with Crippen molar-refractivity contribution >= 4 is 5.91 Å². The Hall–Kier alpha value is -1.33. The zero-order chi connectivity index (χ0) is 40.9. The summed E-state index contributed by atoms with van der Waals surface area (Å²) in [6.45, 7) is 3.79. The van der Waals surface area contributed by atoms with Gasteiger partial charge in [-0.3, -0.25) is 4.79 Å². The minimum Gasteiger partial charge on any atom is -0.394 e. The van der Waals surface area contributed by atoms with Crippen LogP contribution in [0.3, 0.4) is 0 Å². The number of amides is 1. The summed E-state index contributed by atoms with van der Waals surface area (Å²) in [5.74, 6) is -0.210. The molecule has 0 aliphatic carbocycles. The summed E-state index contributed by atoms with van der Waals surface area (Å²) >= 11 is 0. The molecule has 0 aromatic carbocycles. The van der Waals surface area contributed by atoms with Gasteiger partial charge in [0.15, 0.2) is 6.29 Å². The molecule has 0 radical (unpaired) electrons. The Kier molecular flexibility index (Phi) is 35.7. The summed E-state index contributed by atoms with van der Waals surface area (Å²) < 4.78 is 11.2. The van der Waals surface area contributed by atoms with Crippen molar-refractivity contribution < 1.29 is 39.8 Å². The van der Waals surface area contributed by atoms with Gasteiger partial charge in [0, 0.05) is 6.42 Å². The van der Waals surface area contributed by atoms with Crippen LogP contribution >= 0.6 is 0 Å². The van der Waals surface area contributed by atoms with Gasteiger partial charge >= 0.3 is 0 Å². The van der Waals surface area contributed by atoms with Gasteiger partial charge in [-0.1, -0.05) is 199 Å². The molecule has 0 spiro atoms.